The predicted octanol–water partition coefficient (Wildman–Crippen LogP) is 8.06. The Morgan fingerprint density at radius 2 is 1.76 bits per heavy atom. The molecule has 1 aliphatic rings. The molecule has 0 aliphatic heterocycles. The van der Waals surface area contributed by atoms with Crippen LogP contribution in [0.15, 0.2) is 58.7 Å². The van der Waals surface area contributed by atoms with Gasteiger partial charge in [0.05, 0.1) is 12.7 Å². The number of carboxylic acid groups (broad SMARTS) is 1. The molecule has 0 bridgehead atoms. The lowest BCUT2D eigenvalue weighted by Gasteiger charge is -2.32. The van der Waals surface area contributed by atoms with Gasteiger partial charge in [0.2, 0.25) is 0 Å². The van der Waals surface area contributed by atoms with E-state index in [1.807, 2.05) is 52.0 Å². The number of allylic oxidation sites excluding steroid dienone is 9. The molecule has 0 unspecified atom stereocenters. The minimum absolute atomic E-state index is 0.219. The van der Waals surface area contributed by atoms with Crippen molar-refractivity contribution in [2.24, 2.45) is 5.41 Å². The van der Waals surface area contributed by atoms with Gasteiger partial charge in [-0.3, -0.25) is 0 Å². The standard InChI is InChI=1S/C30H40O3/c1-19(15-16-25-20(2)14-11-17-30(25,7)8)12-10-13-21(3)28(29(31)32)27-22(4)18-26(33-9)23(5)24(27)6/h10,12-13,15-16,18H,11,14,17H2,1-9H3,(H,31,32). The van der Waals surface area contributed by atoms with Gasteiger partial charge in [-0.15, -0.1) is 0 Å². The monoisotopic (exact) mass is 448 g/mol. The zero-order valence-corrected chi connectivity index (χ0v) is 21.8. The second-order valence-corrected chi connectivity index (χ2v) is 9.92. The molecule has 0 heterocycles. The van der Waals surface area contributed by atoms with Crippen LogP contribution in [0.2, 0.25) is 0 Å². The molecule has 1 aromatic rings. The van der Waals surface area contributed by atoms with Crippen LogP contribution < -0.4 is 4.74 Å². The second-order valence-electron chi connectivity index (χ2n) is 9.92. The third kappa shape index (κ3) is 6.16. The summed E-state index contributed by atoms with van der Waals surface area (Å²) in [6.07, 6.45) is 13.9. The zero-order chi connectivity index (χ0) is 24.9. The summed E-state index contributed by atoms with van der Waals surface area (Å²) in [6.45, 7) is 16.7. The Hall–Kier alpha value is -2.81. The van der Waals surface area contributed by atoms with E-state index >= 15 is 0 Å². The van der Waals surface area contributed by atoms with Gasteiger partial charge >= 0.3 is 5.97 Å². The van der Waals surface area contributed by atoms with Crippen molar-refractivity contribution in [2.45, 2.75) is 74.7 Å². The van der Waals surface area contributed by atoms with Crippen molar-refractivity contribution in [3.8, 4) is 5.75 Å². The molecule has 33 heavy (non-hydrogen) atoms. The van der Waals surface area contributed by atoms with Crippen LogP contribution in [0.25, 0.3) is 5.57 Å². The van der Waals surface area contributed by atoms with Crippen molar-refractivity contribution in [3.05, 3.63) is 81.0 Å². The number of aliphatic carboxylic acids is 1. The number of aryl methyl sites for hydroxylation is 1. The van der Waals surface area contributed by atoms with Crippen molar-refractivity contribution >= 4 is 11.5 Å². The zero-order valence-electron chi connectivity index (χ0n) is 21.8. The van der Waals surface area contributed by atoms with Crippen LogP contribution in [-0.4, -0.2) is 18.2 Å². The molecule has 0 saturated carbocycles. The van der Waals surface area contributed by atoms with Crippen molar-refractivity contribution in [1.82, 2.24) is 0 Å². The topological polar surface area (TPSA) is 46.5 Å². The van der Waals surface area contributed by atoms with Gasteiger partial charge in [0.25, 0.3) is 0 Å². The molecule has 0 atom stereocenters. The fraction of sp³-hybridized carbons (Fsp3) is 0.433. The van der Waals surface area contributed by atoms with Crippen LogP contribution in [0.4, 0.5) is 0 Å². The minimum atomic E-state index is -0.921. The molecule has 0 fully saturated rings. The van der Waals surface area contributed by atoms with Crippen LogP contribution in [0.5, 0.6) is 5.75 Å². The Labute approximate surface area is 200 Å². The molecule has 2 rings (SSSR count). The molecule has 178 valence electrons. The highest BCUT2D eigenvalue weighted by atomic mass is 16.5. The van der Waals surface area contributed by atoms with Gasteiger partial charge in [0, 0.05) is 0 Å². The molecule has 0 radical (unpaired) electrons. The van der Waals surface area contributed by atoms with E-state index < -0.39 is 5.97 Å². The number of hydrogen-bond acceptors (Lipinski definition) is 2. The minimum Gasteiger partial charge on any atom is -0.496 e. The normalized spacial score (nSPS) is 17.7. The van der Waals surface area contributed by atoms with Gasteiger partial charge in [-0.2, -0.15) is 0 Å². The summed E-state index contributed by atoms with van der Waals surface area (Å²) in [5, 5.41) is 10.0. The summed E-state index contributed by atoms with van der Waals surface area (Å²) in [6, 6.07) is 1.91. The number of carboxylic acids is 1. The average molecular weight is 449 g/mol. The molecule has 0 aromatic heterocycles. The number of rotatable bonds is 7. The van der Waals surface area contributed by atoms with Gasteiger partial charge in [-0.25, -0.2) is 4.79 Å². The Morgan fingerprint density at radius 1 is 1.09 bits per heavy atom. The van der Waals surface area contributed by atoms with Crippen molar-refractivity contribution in [1.29, 1.82) is 0 Å². The van der Waals surface area contributed by atoms with Gasteiger partial charge in [0.15, 0.2) is 0 Å². The third-order valence-electron chi connectivity index (χ3n) is 6.89. The first-order valence-electron chi connectivity index (χ1n) is 11.7. The van der Waals surface area contributed by atoms with Crippen LogP contribution in [0.1, 0.15) is 76.1 Å². The predicted molar refractivity (Wildman–Crippen MR) is 140 cm³/mol. The van der Waals surface area contributed by atoms with Crippen molar-refractivity contribution < 1.29 is 14.6 Å². The number of benzene rings is 1. The Morgan fingerprint density at radius 3 is 2.33 bits per heavy atom. The Bertz CT molecular complexity index is 1070. The van der Waals surface area contributed by atoms with Crippen LogP contribution >= 0.6 is 0 Å². The lowest BCUT2D eigenvalue weighted by atomic mass is 9.72. The van der Waals surface area contributed by atoms with E-state index in [1.54, 1.807) is 7.11 Å². The molecule has 3 heteroatoms. The van der Waals surface area contributed by atoms with Gasteiger partial charge in [0.1, 0.15) is 5.75 Å². The summed E-state index contributed by atoms with van der Waals surface area (Å²) in [7, 11) is 1.64. The first-order chi connectivity index (χ1) is 15.4. The molecular weight excluding hydrogens is 408 g/mol. The highest BCUT2D eigenvalue weighted by Crippen LogP contribution is 2.40. The molecule has 1 aliphatic carbocycles. The third-order valence-corrected chi connectivity index (χ3v) is 6.89. The van der Waals surface area contributed by atoms with E-state index in [4.69, 9.17) is 4.74 Å². The highest BCUT2D eigenvalue weighted by Gasteiger charge is 2.26. The summed E-state index contributed by atoms with van der Waals surface area (Å²) >= 11 is 0. The maximum Gasteiger partial charge on any atom is 0.336 e. The van der Waals surface area contributed by atoms with E-state index in [0.29, 0.717) is 5.57 Å². The quantitative estimate of drug-likeness (QED) is 0.339. The second kappa shape index (κ2) is 10.9. The number of carbonyl (C=O) groups is 1. The first kappa shape index (κ1) is 26.4. The molecule has 0 amide bonds. The average Bonchev–Trinajstić information content (AvgIpc) is 2.72. The molecule has 1 aromatic carbocycles. The number of hydrogen-bond donors (Lipinski definition) is 1. The van der Waals surface area contributed by atoms with E-state index in [0.717, 1.165) is 39.1 Å². The van der Waals surface area contributed by atoms with Crippen molar-refractivity contribution in [2.75, 3.05) is 7.11 Å². The number of methoxy groups -OCH3 is 1. The summed E-state index contributed by atoms with van der Waals surface area (Å²) in [4.78, 5) is 12.2. The first-order valence-corrected chi connectivity index (χ1v) is 11.7. The summed E-state index contributed by atoms with van der Waals surface area (Å²) < 4.78 is 5.44. The van der Waals surface area contributed by atoms with Crippen LogP contribution in [0, 0.1) is 26.2 Å². The fourth-order valence-corrected chi connectivity index (χ4v) is 4.82. The largest absolute Gasteiger partial charge is 0.496 e. The smallest absolute Gasteiger partial charge is 0.336 e. The Balaban J connectivity index is 2.37. The van der Waals surface area contributed by atoms with E-state index in [1.165, 1.54) is 30.4 Å². The molecular formula is C30H40O3. The van der Waals surface area contributed by atoms with Gasteiger partial charge in [-0.1, -0.05) is 55.4 Å². The lowest BCUT2D eigenvalue weighted by Crippen LogP contribution is -2.19. The number of ether oxygens (including phenoxy) is 1. The summed E-state index contributed by atoms with van der Waals surface area (Å²) in [5.41, 5.74) is 8.89. The molecule has 3 nitrogen and oxygen atoms in total. The molecule has 0 saturated heterocycles. The highest BCUT2D eigenvalue weighted by molar-refractivity contribution is 6.18. The van der Waals surface area contributed by atoms with Crippen LogP contribution in [0.3, 0.4) is 0 Å². The fourth-order valence-electron chi connectivity index (χ4n) is 4.82. The van der Waals surface area contributed by atoms with E-state index in [9.17, 15) is 9.90 Å². The SMILES string of the molecule is COc1cc(C)c(C(C(=O)O)=C(C)C=CC=C(C)C=CC2=C(C)CCCC2(C)C)c(C)c1C. The van der Waals surface area contributed by atoms with E-state index in [2.05, 4.69) is 39.8 Å². The molecule has 0 spiro atoms. The van der Waals surface area contributed by atoms with Crippen LogP contribution in [-0.2, 0) is 4.79 Å². The van der Waals surface area contributed by atoms with E-state index in [-0.39, 0.29) is 5.41 Å². The maximum absolute atomic E-state index is 12.2. The molecule has 1 N–H and O–H groups in total. The maximum atomic E-state index is 12.2. The Kier molecular flexibility index (Phi) is 8.71. The van der Waals surface area contributed by atoms with Gasteiger partial charge in [-0.05, 0) is 106 Å². The summed E-state index contributed by atoms with van der Waals surface area (Å²) in [5.74, 6) is -0.140. The van der Waals surface area contributed by atoms with Crippen molar-refractivity contribution in [3.63, 3.8) is 0 Å². The van der Waals surface area contributed by atoms with Gasteiger partial charge < -0.3 is 9.84 Å². The lowest BCUT2D eigenvalue weighted by molar-refractivity contribution is -0.130.